The summed E-state index contributed by atoms with van der Waals surface area (Å²) in [5.41, 5.74) is 0.903. The number of hydrogen-bond acceptors (Lipinski definition) is 3. The summed E-state index contributed by atoms with van der Waals surface area (Å²) in [7, 11) is 0. The molecule has 0 N–H and O–H groups in total. The molecule has 0 spiro atoms. The smallest absolute Gasteiger partial charge is 0.171 e. The molecule has 0 aromatic carbocycles. The molecule has 0 amide bonds. The van der Waals surface area contributed by atoms with E-state index in [1.807, 2.05) is 10.7 Å². The lowest BCUT2D eigenvalue weighted by Gasteiger charge is -2.37. The van der Waals surface area contributed by atoms with Crippen molar-refractivity contribution in [1.82, 2.24) is 14.6 Å². The van der Waals surface area contributed by atoms with Gasteiger partial charge in [0.2, 0.25) is 0 Å². The van der Waals surface area contributed by atoms with Gasteiger partial charge < -0.3 is 4.90 Å². The van der Waals surface area contributed by atoms with Gasteiger partial charge >= 0.3 is 0 Å². The van der Waals surface area contributed by atoms with E-state index >= 15 is 0 Å². The largest absolute Gasteiger partial charge is 0.354 e. The Balaban J connectivity index is 1.84. The summed E-state index contributed by atoms with van der Waals surface area (Å²) in [6.45, 7) is 5.74. The fourth-order valence-electron chi connectivity index (χ4n) is 3.12. The molecule has 1 fully saturated rings. The van der Waals surface area contributed by atoms with E-state index in [2.05, 4.69) is 45.8 Å². The third-order valence-corrected chi connectivity index (χ3v) is 4.87. The molecular weight excluding hydrogens is 328 g/mol. The average molecular weight is 351 g/mol. The minimum atomic E-state index is 0.637. The Morgan fingerprint density at radius 1 is 1.38 bits per heavy atom. The van der Waals surface area contributed by atoms with Crippen LogP contribution in [0.4, 0.5) is 5.82 Å². The first-order valence-corrected chi connectivity index (χ1v) is 8.71. The van der Waals surface area contributed by atoms with Crippen molar-refractivity contribution < 1.29 is 0 Å². The third-order valence-electron chi connectivity index (χ3n) is 4.31. The van der Waals surface area contributed by atoms with Gasteiger partial charge in [0, 0.05) is 18.8 Å². The van der Waals surface area contributed by atoms with Crippen LogP contribution in [0, 0.1) is 5.92 Å². The number of aromatic nitrogens is 3. The Bertz CT molecular complexity index is 607. The Morgan fingerprint density at radius 2 is 2.24 bits per heavy atom. The summed E-state index contributed by atoms with van der Waals surface area (Å²) in [4.78, 5) is 7.32. The number of nitrogens with zero attached hydrogens (tertiary/aromatic N) is 4. The van der Waals surface area contributed by atoms with E-state index in [-0.39, 0.29) is 0 Å². The van der Waals surface area contributed by atoms with Gasteiger partial charge in [0.15, 0.2) is 5.65 Å². The standard InChI is InChI=1S/C16H23BrN4/c1-12(2)6-7-13-5-3-4-9-20(13)15-8-10-21-16(19-15)14(17)11-18-21/h8,10-13H,3-7,9H2,1-2H3. The average Bonchev–Trinajstić information content (AvgIpc) is 2.86. The quantitative estimate of drug-likeness (QED) is 0.824. The van der Waals surface area contributed by atoms with Crippen molar-refractivity contribution in [2.45, 2.75) is 52.0 Å². The van der Waals surface area contributed by atoms with Gasteiger partial charge in [-0.3, -0.25) is 0 Å². The second kappa shape index (κ2) is 6.34. The van der Waals surface area contributed by atoms with Crippen molar-refractivity contribution >= 4 is 27.4 Å². The molecule has 1 saturated heterocycles. The first-order valence-electron chi connectivity index (χ1n) is 7.91. The molecule has 3 heterocycles. The van der Waals surface area contributed by atoms with E-state index < -0.39 is 0 Å². The molecule has 3 rings (SSSR count). The monoisotopic (exact) mass is 350 g/mol. The normalized spacial score (nSPS) is 19.6. The van der Waals surface area contributed by atoms with E-state index in [9.17, 15) is 0 Å². The second-order valence-corrected chi connectivity index (χ2v) is 7.21. The number of fused-ring (bicyclic) bond motifs is 1. The molecule has 1 atom stereocenters. The van der Waals surface area contributed by atoms with Crippen LogP contribution in [0.5, 0.6) is 0 Å². The Hall–Kier alpha value is -1.10. The summed E-state index contributed by atoms with van der Waals surface area (Å²) in [6, 6.07) is 2.73. The third kappa shape index (κ3) is 3.23. The molecule has 1 aliphatic rings. The highest BCUT2D eigenvalue weighted by Gasteiger charge is 2.24. The molecule has 5 heteroatoms. The van der Waals surface area contributed by atoms with Crippen LogP contribution >= 0.6 is 15.9 Å². The number of anilines is 1. The number of rotatable bonds is 4. The van der Waals surface area contributed by atoms with Gasteiger partial charge in [-0.2, -0.15) is 5.10 Å². The maximum Gasteiger partial charge on any atom is 0.171 e. The lowest BCUT2D eigenvalue weighted by Crippen LogP contribution is -2.40. The van der Waals surface area contributed by atoms with Gasteiger partial charge in [-0.05, 0) is 60.0 Å². The highest BCUT2D eigenvalue weighted by atomic mass is 79.9. The molecule has 0 saturated carbocycles. The second-order valence-electron chi connectivity index (χ2n) is 6.36. The summed E-state index contributed by atoms with van der Waals surface area (Å²) < 4.78 is 2.78. The first kappa shape index (κ1) is 14.8. The molecule has 0 aliphatic carbocycles. The predicted octanol–water partition coefficient (Wildman–Crippen LogP) is 4.29. The van der Waals surface area contributed by atoms with Crippen LogP contribution in [-0.2, 0) is 0 Å². The lowest BCUT2D eigenvalue weighted by molar-refractivity contribution is 0.402. The maximum atomic E-state index is 4.82. The molecule has 1 unspecified atom stereocenters. The number of halogens is 1. The first-order chi connectivity index (χ1) is 10.1. The van der Waals surface area contributed by atoms with Crippen LogP contribution in [0.1, 0.15) is 46.0 Å². The zero-order valence-corrected chi connectivity index (χ0v) is 14.4. The lowest BCUT2D eigenvalue weighted by atomic mass is 9.95. The van der Waals surface area contributed by atoms with Gasteiger partial charge in [-0.15, -0.1) is 0 Å². The van der Waals surface area contributed by atoms with Crippen LogP contribution in [-0.4, -0.2) is 27.2 Å². The van der Waals surface area contributed by atoms with E-state index in [1.54, 1.807) is 6.20 Å². The van der Waals surface area contributed by atoms with Gasteiger partial charge in [0.1, 0.15) is 5.82 Å². The van der Waals surface area contributed by atoms with Crippen LogP contribution in [0.15, 0.2) is 22.9 Å². The minimum absolute atomic E-state index is 0.637. The van der Waals surface area contributed by atoms with Crippen molar-refractivity contribution in [3.8, 4) is 0 Å². The van der Waals surface area contributed by atoms with Crippen LogP contribution in [0.25, 0.3) is 5.65 Å². The molecule has 2 aromatic heterocycles. The van der Waals surface area contributed by atoms with Crippen LogP contribution < -0.4 is 4.90 Å². The van der Waals surface area contributed by atoms with Gasteiger partial charge in [0.05, 0.1) is 10.7 Å². The summed E-state index contributed by atoms with van der Waals surface area (Å²) >= 11 is 3.53. The van der Waals surface area contributed by atoms with E-state index in [4.69, 9.17) is 4.98 Å². The van der Waals surface area contributed by atoms with E-state index in [0.29, 0.717) is 6.04 Å². The zero-order chi connectivity index (χ0) is 14.8. The van der Waals surface area contributed by atoms with Gasteiger partial charge in [-0.25, -0.2) is 9.50 Å². The van der Waals surface area contributed by atoms with Crippen molar-refractivity contribution in [3.05, 3.63) is 22.9 Å². The summed E-state index contributed by atoms with van der Waals surface area (Å²) in [6.07, 6.45) is 10.3. The molecule has 2 aromatic rings. The predicted molar refractivity (Wildman–Crippen MR) is 89.7 cm³/mol. The van der Waals surface area contributed by atoms with E-state index in [0.717, 1.165) is 28.4 Å². The highest BCUT2D eigenvalue weighted by molar-refractivity contribution is 9.10. The molecule has 0 radical (unpaired) electrons. The number of hydrogen-bond donors (Lipinski definition) is 0. The van der Waals surface area contributed by atoms with Crippen molar-refractivity contribution in [1.29, 1.82) is 0 Å². The summed E-state index contributed by atoms with van der Waals surface area (Å²) in [5, 5.41) is 4.27. The topological polar surface area (TPSA) is 33.4 Å². The molecular formula is C16H23BrN4. The molecule has 114 valence electrons. The SMILES string of the molecule is CC(C)CCC1CCCCN1c1ccn2ncc(Br)c2n1. The summed E-state index contributed by atoms with van der Waals surface area (Å²) in [5.74, 6) is 1.87. The van der Waals surface area contributed by atoms with Crippen molar-refractivity contribution in [2.24, 2.45) is 5.92 Å². The van der Waals surface area contributed by atoms with Crippen molar-refractivity contribution in [3.63, 3.8) is 0 Å². The Labute approximate surface area is 134 Å². The van der Waals surface area contributed by atoms with Gasteiger partial charge in [0.25, 0.3) is 0 Å². The fourth-order valence-corrected chi connectivity index (χ4v) is 3.48. The molecule has 4 nitrogen and oxygen atoms in total. The molecule has 1 aliphatic heterocycles. The van der Waals surface area contributed by atoms with Crippen LogP contribution in [0.3, 0.4) is 0 Å². The molecule has 21 heavy (non-hydrogen) atoms. The van der Waals surface area contributed by atoms with E-state index in [1.165, 1.54) is 32.1 Å². The van der Waals surface area contributed by atoms with Crippen LogP contribution in [0.2, 0.25) is 0 Å². The zero-order valence-electron chi connectivity index (χ0n) is 12.8. The molecule has 0 bridgehead atoms. The van der Waals surface area contributed by atoms with Gasteiger partial charge in [-0.1, -0.05) is 13.8 Å². The van der Waals surface area contributed by atoms with Crippen molar-refractivity contribution in [2.75, 3.05) is 11.4 Å². The highest BCUT2D eigenvalue weighted by Crippen LogP contribution is 2.28. The minimum Gasteiger partial charge on any atom is -0.354 e. The number of piperidine rings is 1. The maximum absolute atomic E-state index is 4.82. The Kier molecular flexibility index (Phi) is 4.48. The Morgan fingerprint density at radius 3 is 3.05 bits per heavy atom. The fraction of sp³-hybridized carbons (Fsp3) is 0.625.